The Kier molecular flexibility index (Phi) is 3.31. The Labute approximate surface area is 167 Å². The number of hydrazone groups is 1. The van der Waals surface area contributed by atoms with Gasteiger partial charge in [0.25, 0.3) is 0 Å². The first-order valence-corrected chi connectivity index (χ1v) is 9.94. The normalized spacial score (nSPS) is 39.6. The van der Waals surface area contributed by atoms with Gasteiger partial charge in [0.2, 0.25) is 0 Å². The van der Waals surface area contributed by atoms with E-state index in [2.05, 4.69) is 5.10 Å². The quantitative estimate of drug-likeness (QED) is 0.280. The van der Waals surface area contributed by atoms with Crippen LogP contribution in [0, 0.1) is 29.6 Å². The molecule has 6 rings (SSSR count). The van der Waals surface area contributed by atoms with Gasteiger partial charge >= 0.3 is 12.4 Å². The van der Waals surface area contributed by atoms with Gasteiger partial charge < -0.3 is 0 Å². The lowest BCUT2D eigenvalue weighted by Crippen LogP contribution is -2.46. The predicted molar refractivity (Wildman–Crippen MR) is 92.9 cm³/mol. The molecule has 1 aromatic rings. The Morgan fingerprint density at radius 3 is 2.07 bits per heavy atom. The Balaban J connectivity index is 1.53. The highest BCUT2D eigenvalue weighted by Gasteiger charge is 2.70. The molecule has 0 spiro atoms. The van der Waals surface area contributed by atoms with Gasteiger partial charge in [0, 0.05) is 17.7 Å². The Hall–Kier alpha value is -1.70. The van der Waals surface area contributed by atoms with Crippen LogP contribution in [0.3, 0.4) is 0 Å². The maximum atomic E-state index is 13.8. The second kappa shape index (κ2) is 5.31. The number of halogens is 7. The molecule has 9 heteroatoms. The summed E-state index contributed by atoms with van der Waals surface area (Å²) >= 11 is 5.64. The molecule has 1 aliphatic heterocycles. The van der Waals surface area contributed by atoms with Crippen LogP contribution in [0.15, 0.2) is 40.6 Å². The van der Waals surface area contributed by atoms with Crippen molar-refractivity contribution in [3.63, 3.8) is 0 Å². The standard InChI is InChI=1S/C20H15ClF6N2/c21-29-18(20(25,26)27)16-12-6-11(15(16)17(28-29)19(22,23)24)13-9-5-10(14(12)13)8-4-2-1-3-7(8)9/h1-4,9-15H,5-6H2/t9-,10+,11-,12+,13-,14+,15-/m1/s1. The largest absolute Gasteiger partial charge is 0.434 e. The van der Waals surface area contributed by atoms with E-state index < -0.39 is 41.5 Å². The minimum Gasteiger partial charge on any atom is -0.167 e. The number of hydrogen-bond donors (Lipinski definition) is 0. The highest BCUT2D eigenvalue weighted by atomic mass is 35.5. The van der Waals surface area contributed by atoms with Crippen LogP contribution < -0.4 is 0 Å². The molecule has 7 atom stereocenters. The maximum absolute atomic E-state index is 13.8. The summed E-state index contributed by atoms with van der Waals surface area (Å²) in [5.41, 5.74) is -0.267. The summed E-state index contributed by atoms with van der Waals surface area (Å²) in [6.07, 6.45) is -8.52. The van der Waals surface area contributed by atoms with Crippen LogP contribution in [-0.4, -0.2) is 22.6 Å². The summed E-state index contributed by atoms with van der Waals surface area (Å²) in [5, 5.41) is 3.20. The van der Waals surface area contributed by atoms with Gasteiger partial charge in [-0.2, -0.15) is 36.0 Å². The number of nitrogens with zero attached hydrogens (tertiary/aromatic N) is 2. The molecule has 0 saturated heterocycles. The first kappa shape index (κ1) is 18.1. The number of rotatable bonds is 0. The molecule has 1 aromatic carbocycles. The van der Waals surface area contributed by atoms with Crippen LogP contribution in [0.25, 0.3) is 0 Å². The van der Waals surface area contributed by atoms with E-state index in [0.29, 0.717) is 6.42 Å². The summed E-state index contributed by atoms with van der Waals surface area (Å²) in [4.78, 5) is 0. The van der Waals surface area contributed by atoms with Crippen molar-refractivity contribution in [2.24, 2.45) is 34.7 Å². The number of allylic oxidation sites excluding steroid dienone is 2. The minimum atomic E-state index is -4.86. The lowest BCUT2D eigenvalue weighted by molar-refractivity contribution is -0.109. The van der Waals surface area contributed by atoms with E-state index in [9.17, 15) is 26.3 Å². The molecule has 0 N–H and O–H groups in total. The van der Waals surface area contributed by atoms with E-state index in [1.807, 2.05) is 24.3 Å². The van der Waals surface area contributed by atoms with Crippen molar-refractivity contribution in [2.75, 3.05) is 0 Å². The van der Waals surface area contributed by atoms with Gasteiger partial charge in [-0.3, -0.25) is 0 Å². The summed E-state index contributed by atoms with van der Waals surface area (Å²) in [5.74, 6) is -2.22. The van der Waals surface area contributed by atoms with Crippen LogP contribution in [-0.2, 0) is 0 Å². The number of fused-ring (bicyclic) bond motifs is 15. The molecular weight excluding hydrogens is 418 g/mol. The lowest BCUT2D eigenvalue weighted by atomic mass is 9.62. The van der Waals surface area contributed by atoms with Crippen molar-refractivity contribution in [2.45, 2.75) is 37.0 Å². The fourth-order valence-electron chi connectivity index (χ4n) is 7.36. The van der Waals surface area contributed by atoms with Gasteiger partial charge in [-0.15, -0.1) is 0 Å². The number of alkyl halides is 6. The fraction of sp³-hybridized carbons (Fsp3) is 0.550. The van der Waals surface area contributed by atoms with E-state index in [1.165, 1.54) is 0 Å². The molecule has 4 bridgehead atoms. The summed E-state index contributed by atoms with van der Waals surface area (Å²) in [6.45, 7) is 0. The lowest BCUT2D eigenvalue weighted by Gasteiger charge is -2.44. The second-order valence-electron chi connectivity index (χ2n) is 8.76. The van der Waals surface area contributed by atoms with Gasteiger partial charge in [0.15, 0.2) is 11.4 Å². The van der Waals surface area contributed by atoms with Crippen molar-refractivity contribution >= 4 is 17.5 Å². The molecule has 3 fully saturated rings. The molecule has 154 valence electrons. The highest BCUT2D eigenvalue weighted by Crippen LogP contribution is 2.75. The van der Waals surface area contributed by atoms with Crippen LogP contribution in [0.1, 0.15) is 35.8 Å². The van der Waals surface area contributed by atoms with Crippen LogP contribution in [0.5, 0.6) is 0 Å². The molecule has 29 heavy (non-hydrogen) atoms. The maximum Gasteiger partial charge on any atom is 0.434 e. The number of hydrogen-bond acceptors (Lipinski definition) is 2. The molecule has 0 amide bonds. The zero-order valence-corrected chi connectivity index (χ0v) is 15.6. The summed E-state index contributed by atoms with van der Waals surface area (Å²) in [6, 6.07) is 7.86. The van der Waals surface area contributed by atoms with Crippen molar-refractivity contribution in [3.8, 4) is 0 Å². The molecule has 2 nitrogen and oxygen atoms in total. The topological polar surface area (TPSA) is 15.6 Å². The summed E-state index contributed by atoms with van der Waals surface area (Å²) in [7, 11) is 0. The van der Waals surface area contributed by atoms with Crippen molar-refractivity contribution in [1.82, 2.24) is 4.53 Å². The Morgan fingerprint density at radius 1 is 0.862 bits per heavy atom. The average Bonchev–Trinajstić information content (AvgIpc) is 3.35. The van der Waals surface area contributed by atoms with Gasteiger partial charge in [-0.05, 0) is 65.0 Å². The third-order valence-electron chi connectivity index (χ3n) is 7.83. The first-order valence-electron chi connectivity index (χ1n) is 9.60. The van der Waals surface area contributed by atoms with Crippen LogP contribution in [0.2, 0.25) is 0 Å². The zero-order valence-electron chi connectivity index (χ0n) is 14.8. The molecule has 3 saturated carbocycles. The van der Waals surface area contributed by atoms with Crippen LogP contribution >= 0.6 is 11.8 Å². The number of benzene rings is 1. The van der Waals surface area contributed by atoms with Crippen molar-refractivity contribution < 1.29 is 26.3 Å². The highest BCUT2D eigenvalue weighted by molar-refractivity contribution is 6.15. The molecular formula is C20H15ClF6N2. The second-order valence-corrected chi connectivity index (χ2v) is 9.08. The van der Waals surface area contributed by atoms with E-state index in [1.54, 1.807) is 0 Å². The summed E-state index contributed by atoms with van der Waals surface area (Å²) < 4.78 is 82.6. The third kappa shape index (κ3) is 2.13. The molecule has 4 aliphatic carbocycles. The smallest absolute Gasteiger partial charge is 0.167 e. The van der Waals surface area contributed by atoms with Gasteiger partial charge in [-0.25, -0.2) is 0 Å². The van der Waals surface area contributed by atoms with E-state index in [0.717, 1.165) is 17.5 Å². The van der Waals surface area contributed by atoms with Crippen molar-refractivity contribution in [3.05, 3.63) is 46.7 Å². The molecule has 0 aromatic heterocycles. The van der Waals surface area contributed by atoms with E-state index in [4.69, 9.17) is 11.8 Å². The van der Waals surface area contributed by atoms with Gasteiger partial charge in [0.1, 0.15) is 0 Å². The Morgan fingerprint density at radius 2 is 1.48 bits per heavy atom. The van der Waals surface area contributed by atoms with Crippen molar-refractivity contribution in [1.29, 1.82) is 0 Å². The minimum absolute atomic E-state index is 0.0300. The third-order valence-corrected chi connectivity index (χ3v) is 8.08. The zero-order chi connectivity index (χ0) is 20.5. The Bertz CT molecular complexity index is 980. The first-order chi connectivity index (χ1) is 13.6. The fourth-order valence-corrected chi connectivity index (χ4v) is 7.64. The van der Waals surface area contributed by atoms with E-state index >= 15 is 0 Å². The van der Waals surface area contributed by atoms with E-state index in [-0.39, 0.29) is 33.8 Å². The van der Waals surface area contributed by atoms with Crippen LogP contribution in [0.4, 0.5) is 26.3 Å². The molecule has 5 aliphatic rings. The predicted octanol–water partition coefficient (Wildman–Crippen LogP) is 5.97. The molecule has 0 unspecified atom stereocenters. The molecule has 1 heterocycles. The monoisotopic (exact) mass is 432 g/mol. The average molecular weight is 433 g/mol. The van der Waals surface area contributed by atoms with Gasteiger partial charge in [0.05, 0.1) is 0 Å². The molecule has 0 radical (unpaired) electrons. The van der Waals surface area contributed by atoms with Gasteiger partial charge in [-0.1, -0.05) is 24.3 Å². The SMILES string of the molecule is FC(F)(F)C1=NN(Cl)C(C(F)(F)F)=C2[C@H]1[C@@H]1C[C@H]2[C@H]2[C@@H]1[C@@H]1C[C@H]2c2ccccc21.